The van der Waals surface area contributed by atoms with Crippen LogP contribution in [0.1, 0.15) is 32.8 Å². The maximum Gasteiger partial charge on any atom is 0.0932 e. The number of nitrogens with one attached hydrogen (secondary N) is 1. The number of fused-ring (bicyclic) bond motifs is 1. The van der Waals surface area contributed by atoms with Gasteiger partial charge in [0, 0.05) is 11.4 Å². The lowest BCUT2D eigenvalue weighted by molar-refractivity contribution is 0.424. The SMILES string of the molecule is CCNC(Cc1cnnc2ccccc12)CC(C)C. The van der Waals surface area contributed by atoms with Crippen LogP contribution in [0, 0.1) is 5.92 Å². The van der Waals surface area contributed by atoms with Gasteiger partial charge in [-0.2, -0.15) is 10.2 Å². The Morgan fingerprint density at radius 1 is 1.21 bits per heavy atom. The number of hydrogen-bond donors (Lipinski definition) is 1. The largest absolute Gasteiger partial charge is 0.314 e. The minimum atomic E-state index is 0.512. The Morgan fingerprint density at radius 3 is 2.74 bits per heavy atom. The van der Waals surface area contributed by atoms with E-state index < -0.39 is 0 Å². The highest BCUT2D eigenvalue weighted by Gasteiger charge is 2.12. The molecule has 2 rings (SSSR count). The molecule has 0 amide bonds. The maximum atomic E-state index is 4.19. The highest BCUT2D eigenvalue weighted by atomic mass is 15.1. The molecule has 0 aliphatic rings. The summed E-state index contributed by atoms with van der Waals surface area (Å²) in [6.45, 7) is 7.71. The molecule has 0 aliphatic heterocycles. The molecule has 1 aromatic heterocycles. The highest BCUT2D eigenvalue weighted by Crippen LogP contribution is 2.18. The van der Waals surface area contributed by atoms with Crippen LogP contribution in [0.25, 0.3) is 10.9 Å². The second-order valence-corrected chi connectivity index (χ2v) is 5.48. The van der Waals surface area contributed by atoms with Crippen molar-refractivity contribution in [3.05, 3.63) is 36.0 Å². The Labute approximate surface area is 115 Å². The van der Waals surface area contributed by atoms with Crippen molar-refractivity contribution in [2.75, 3.05) is 6.54 Å². The van der Waals surface area contributed by atoms with Crippen LogP contribution in [0.15, 0.2) is 30.5 Å². The molecule has 1 aromatic carbocycles. The van der Waals surface area contributed by atoms with Gasteiger partial charge < -0.3 is 5.32 Å². The lowest BCUT2D eigenvalue weighted by Crippen LogP contribution is -2.32. The topological polar surface area (TPSA) is 37.8 Å². The zero-order chi connectivity index (χ0) is 13.7. The summed E-state index contributed by atoms with van der Waals surface area (Å²) in [5, 5.41) is 13.1. The van der Waals surface area contributed by atoms with Crippen molar-refractivity contribution in [2.45, 2.75) is 39.7 Å². The van der Waals surface area contributed by atoms with Crippen molar-refractivity contribution in [3.63, 3.8) is 0 Å². The number of hydrogen-bond acceptors (Lipinski definition) is 3. The number of rotatable bonds is 6. The maximum absolute atomic E-state index is 4.19. The Balaban J connectivity index is 2.23. The molecule has 0 radical (unpaired) electrons. The van der Waals surface area contributed by atoms with Gasteiger partial charge in [-0.3, -0.25) is 0 Å². The second kappa shape index (κ2) is 6.62. The summed E-state index contributed by atoms with van der Waals surface area (Å²) in [7, 11) is 0. The summed E-state index contributed by atoms with van der Waals surface area (Å²) >= 11 is 0. The van der Waals surface area contributed by atoms with E-state index in [-0.39, 0.29) is 0 Å². The summed E-state index contributed by atoms with van der Waals surface area (Å²) in [5.74, 6) is 0.699. The molecule has 0 aliphatic carbocycles. The molecule has 0 fully saturated rings. The summed E-state index contributed by atoms with van der Waals surface area (Å²) < 4.78 is 0. The van der Waals surface area contributed by atoms with Crippen molar-refractivity contribution in [3.8, 4) is 0 Å². The number of aromatic nitrogens is 2. The smallest absolute Gasteiger partial charge is 0.0932 e. The standard InChI is InChI=1S/C16H23N3/c1-4-17-14(9-12(2)3)10-13-11-18-19-16-8-6-5-7-15(13)16/h5-8,11-12,14,17H,4,9-10H2,1-3H3. The highest BCUT2D eigenvalue weighted by molar-refractivity contribution is 5.81. The van der Waals surface area contributed by atoms with Crippen LogP contribution in [-0.4, -0.2) is 22.8 Å². The molecular weight excluding hydrogens is 234 g/mol. The molecule has 19 heavy (non-hydrogen) atoms. The molecule has 3 heteroatoms. The van der Waals surface area contributed by atoms with Crippen LogP contribution < -0.4 is 5.32 Å². The summed E-state index contributed by atoms with van der Waals surface area (Å²) in [6.07, 6.45) is 4.11. The Bertz CT molecular complexity index is 517. The van der Waals surface area contributed by atoms with E-state index in [0.29, 0.717) is 12.0 Å². The second-order valence-electron chi connectivity index (χ2n) is 5.48. The van der Waals surface area contributed by atoms with Crippen molar-refractivity contribution < 1.29 is 0 Å². The van der Waals surface area contributed by atoms with E-state index in [9.17, 15) is 0 Å². The van der Waals surface area contributed by atoms with E-state index in [1.165, 1.54) is 17.4 Å². The first kappa shape index (κ1) is 13.9. The fourth-order valence-electron chi connectivity index (χ4n) is 2.59. The average Bonchev–Trinajstić information content (AvgIpc) is 2.39. The van der Waals surface area contributed by atoms with Gasteiger partial charge in [-0.15, -0.1) is 0 Å². The van der Waals surface area contributed by atoms with Crippen LogP contribution in [0.4, 0.5) is 0 Å². The van der Waals surface area contributed by atoms with Gasteiger partial charge >= 0.3 is 0 Å². The lowest BCUT2D eigenvalue weighted by Gasteiger charge is -2.20. The van der Waals surface area contributed by atoms with Gasteiger partial charge in [0.2, 0.25) is 0 Å². The number of likely N-dealkylation sites (N-methyl/N-ethyl adjacent to an activating group) is 1. The molecule has 1 N–H and O–H groups in total. The monoisotopic (exact) mass is 257 g/mol. The normalized spacial score (nSPS) is 13.1. The van der Waals surface area contributed by atoms with Crippen LogP contribution in [0.5, 0.6) is 0 Å². The lowest BCUT2D eigenvalue weighted by atomic mass is 9.96. The molecule has 102 valence electrons. The van der Waals surface area contributed by atoms with Gasteiger partial charge in [0.05, 0.1) is 11.7 Å². The molecule has 0 spiro atoms. The summed E-state index contributed by atoms with van der Waals surface area (Å²) in [4.78, 5) is 0. The fraction of sp³-hybridized carbons (Fsp3) is 0.500. The molecular formula is C16H23N3. The molecule has 1 heterocycles. The molecule has 1 atom stereocenters. The van der Waals surface area contributed by atoms with E-state index in [4.69, 9.17) is 0 Å². The molecule has 0 saturated heterocycles. The van der Waals surface area contributed by atoms with Crippen LogP contribution in [0.2, 0.25) is 0 Å². The summed E-state index contributed by atoms with van der Waals surface area (Å²) in [6, 6.07) is 8.75. The Hall–Kier alpha value is -1.48. The van der Waals surface area contributed by atoms with Crippen molar-refractivity contribution in [2.24, 2.45) is 5.92 Å². The van der Waals surface area contributed by atoms with Crippen LogP contribution in [0.3, 0.4) is 0 Å². The fourth-order valence-corrected chi connectivity index (χ4v) is 2.59. The third kappa shape index (κ3) is 3.74. The zero-order valence-corrected chi connectivity index (χ0v) is 12.1. The predicted molar refractivity (Wildman–Crippen MR) is 80.2 cm³/mol. The molecule has 2 aromatic rings. The van der Waals surface area contributed by atoms with Gasteiger partial charge in [0.15, 0.2) is 0 Å². The third-order valence-electron chi connectivity index (χ3n) is 3.34. The molecule has 3 nitrogen and oxygen atoms in total. The van der Waals surface area contributed by atoms with Crippen molar-refractivity contribution in [1.82, 2.24) is 15.5 Å². The first-order valence-corrected chi connectivity index (χ1v) is 7.13. The van der Waals surface area contributed by atoms with Gasteiger partial charge in [-0.25, -0.2) is 0 Å². The first-order valence-electron chi connectivity index (χ1n) is 7.13. The van der Waals surface area contributed by atoms with Crippen molar-refractivity contribution >= 4 is 10.9 Å². The zero-order valence-electron chi connectivity index (χ0n) is 12.1. The quantitative estimate of drug-likeness (QED) is 0.863. The van der Waals surface area contributed by atoms with Gasteiger partial charge in [-0.1, -0.05) is 39.0 Å². The third-order valence-corrected chi connectivity index (χ3v) is 3.34. The van der Waals surface area contributed by atoms with E-state index >= 15 is 0 Å². The Morgan fingerprint density at radius 2 is 2.00 bits per heavy atom. The van der Waals surface area contributed by atoms with E-state index in [1.54, 1.807) is 0 Å². The van der Waals surface area contributed by atoms with Crippen LogP contribution >= 0.6 is 0 Å². The van der Waals surface area contributed by atoms with Gasteiger partial charge in [-0.05, 0) is 36.9 Å². The summed E-state index contributed by atoms with van der Waals surface area (Å²) in [5.41, 5.74) is 2.27. The minimum absolute atomic E-state index is 0.512. The molecule has 0 saturated carbocycles. The van der Waals surface area contributed by atoms with E-state index in [1.807, 2.05) is 18.3 Å². The Kier molecular flexibility index (Phi) is 4.86. The average molecular weight is 257 g/mol. The molecule has 0 bridgehead atoms. The van der Waals surface area contributed by atoms with E-state index in [2.05, 4.69) is 48.4 Å². The number of nitrogens with zero attached hydrogens (tertiary/aromatic N) is 2. The minimum Gasteiger partial charge on any atom is -0.314 e. The molecule has 1 unspecified atom stereocenters. The van der Waals surface area contributed by atoms with Crippen molar-refractivity contribution in [1.29, 1.82) is 0 Å². The van der Waals surface area contributed by atoms with Gasteiger partial charge in [0.25, 0.3) is 0 Å². The first-order chi connectivity index (χ1) is 9.20. The van der Waals surface area contributed by atoms with Crippen LogP contribution in [-0.2, 0) is 6.42 Å². The predicted octanol–water partition coefficient (Wildman–Crippen LogP) is 3.20. The van der Waals surface area contributed by atoms with Gasteiger partial charge in [0.1, 0.15) is 0 Å². The van der Waals surface area contributed by atoms with E-state index in [0.717, 1.165) is 18.5 Å². The number of benzene rings is 1.